The highest BCUT2D eigenvalue weighted by molar-refractivity contribution is 7.89. The number of hydrogen-bond donors (Lipinski definition) is 1. The molecule has 10 nitrogen and oxygen atoms in total. The maximum Gasteiger partial charge on any atom is 0.404 e. The van der Waals surface area contributed by atoms with Crippen LogP contribution in [-0.4, -0.2) is 52.2 Å². The zero-order valence-corrected chi connectivity index (χ0v) is 19.0. The Balaban J connectivity index is 1.88. The van der Waals surface area contributed by atoms with Crippen molar-refractivity contribution in [3.8, 4) is 29.0 Å². The molecule has 0 bridgehead atoms. The summed E-state index contributed by atoms with van der Waals surface area (Å²) in [6.07, 6.45) is 1.96. The highest BCUT2D eigenvalue weighted by atomic mass is 32.2. The average Bonchev–Trinajstić information content (AvgIpc) is 3.17. The fourth-order valence-corrected chi connectivity index (χ4v) is 4.46. The molecule has 0 aliphatic rings. The summed E-state index contributed by atoms with van der Waals surface area (Å²) in [6, 6.07) is 3.80. The van der Waals surface area contributed by atoms with Crippen molar-refractivity contribution in [1.29, 1.82) is 5.26 Å². The Kier molecular flexibility index (Phi) is 6.14. The molecule has 1 unspecified atom stereocenters. The van der Waals surface area contributed by atoms with Gasteiger partial charge in [0.05, 0.1) is 36.5 Å². The zero-order valence-electron chi connectivity index (χ0n) is 18.1. The standard InChI is InChI=1S/C21H16F3N7O3S/c1-12(21(22,23)24)30-35(32,33)14-3-4-17(28-10-14)19-16(8-25)15-7-13(34-2)9-29-20(15)31(19)18-11-26-5-6-27-18/h3-7,9-12,30H,1-2H3. The molecule has 0 radical (unpaired) electrons. The van der Waals surface area contributed by atoms with Crippen molar-refractivity contribution in [2.75, 3.05) is 7.11 Å². The van der Waals surface area contributed by atoms with Gasteiger partial charge in [-0.05, 0) is 25.1 Å². The Morgan fingerprint density at radius 1 is 1.14 bits per heavy atom. The van der Waals surface area contributed by atoms with Gasteiger partial charge in [-0.1, -0.05) is 0 Å². The topological polar surface area (TPSA) is 136 Å². The molecule has 0 fully saturated rings. The third kappa shape index (κ3) is 4.51. The van der Waals surface area contributed by atoms with Crippen LogP contribution in [0.15, 0.2) is 54.1 Å². The Bertz CT molecular complexity index is 1530. The minimum atomic E-state index is -4.76. The van der Waals surface area contributed by atoms with Gasteiger partial charge < -0.3 is 4.74 Å². The largest absolute Gasteiger partial charge is 0.495 e. The first-order valence-electron chi connectivity index (χ1n) is 9.87. The summed E-state index contributed by atoms with van der Waals surface area (Å²) in [5, 5.41) is 10.4. The Morgan fingerprint density at radius 2 is 1.91 bits per heavy atom. The highest BCUT2D eigenvalue weighted by Gasteiger charge is 2.39. The van der Waals surface area contributed by atoms with Crippen molar-refractivity contribution in [3.63, 3.8) is 0 Å². The number of aromatic nitrogens is 5. The molecule has 35 heavy (non-hydrogen) atoms. The molecule has 4 aromatic heterocycles. The minimum absolute atomic E-state index is 0.156. The van der Waals surface area contributed by atoms with E-state index in [-0.39, 0.29) is 17.0 Å². The number of halogens is 3. The molecule has 14 heteroatoms. The average molecular weight is 503 g/mol. The van der Waals surface area contributed by atoms with Crippen LogP contribution in [0.1, 0.15) is 12.5 Å². The number of sulfonamides is 1. The van der Waals surface area contributed by atoms with Crippen molar-refractivity contribution in [3.05, 3.63) is 54.7 Å². The summed E-state index contributed by atoms with van der Waals surface area (Å²) in [6.45, 7) is 0.694. The Morgan fingerprint density at radius 3 is 2.49 bits per heavy atom. The summed E-state index contributed by atoms with van der Waals surface area (Å²) >= 11 is 0. The molecule has 1 atom stereocenters. The number of rotatable bonds is 6. The van der Waals surface area contributed by atoms with E-state index in [0.717, 1.165) is 12.3 Å². The maximum atomic E-state index is 12.8. The smallest absolute Gasteiger partial charge is 0.404 e. The van der Waals surface area contributed by atoms with Crippen molar-refractivity contribution in [1.82, 2.24) is 29.2 Å². The number of hydrogen-bond acceptors (Lipinski definition) is 8. The van der Waals surface area contributed by atoms with Gasteiger partial charge in [-0.15, -0.1) is 0 Å². The lowest BCUT2D eigenvalue weighted by Crippen LogP contribution is -2.42. The molecular formula is C21H16F3N7O3S. The molecule has 0 aliphatic carbocycles. The number of alkyl halides is 3. The first-order valence-corrected chi connectivity index (χ1v) is 11.4. The Hall–Kier alpha value is -4.09. The van der Waals surface area contributed by atoms with Crippen LogP contribution in [-0.2, 0) is 10.0 Å². The van der Waals surface area contributed by atoms with E-state index in [0.29, 0.717) is 29.5 Å². The summed E-state index contributed by atoms with van der Waals surface area (Å²) in [5.74, 6) is 0.710. The van der Waals surface area contributed by atoms with E-state index < -0.39 is 27.1 Å². The predicted octanol–water partition coefficient (Wildman–Crippen LogP) is 2.99. The molecule has 0 aliphatic heterocycles. The van der Waals surface area contributed by atoms with E-state index in [1.165, 1.54) is 42.5 Å². The molecule has 0 saturated heterocycles. The fourth-order valence-electron chi connectivity index (χ4n) is 3.29. The van der Waals surface area contributed by atoms with E-state index >= 15 is 0 Å². The summed E-state index contributed by atoms with van der Waals surface area (Å²) in [5.41, 5.74) is 0.900. The molecule has 180 valence electrons. The molecular weight excluding hydrogens is 487 g/mol. The third-order valence-corrected chi connectivity index (χ3v) is 6.55. The van der Waals surface area contributed by atoms with Gasteiger partial charge in [-0.3, -0.25) is 14.5 Å². The second-order valence-electron chi connectivity index (χ2n) is 7.24. The predicted molar refractivity (Wildman–Crippen MR) is 117 cm³/mol. The van der Waals surface area contributed by atoms with E-state index in [2.05, 4.69) is 26.0 Å². The van der Waals surface area contributed by atoms with Crippen LogP contribution >= 0.6 is 0 Å². The first-order chi connectivity index (χ1) is 16.6. The first kappa shape index (κ1) is 24.0. The summed E-state index contributed by atoms with van der Waals surface area (Å²) in [4.78, 5) is 16.4. The molecule has 0 aromatic carbocycles. The molecule has 0 saturated carbocycles. The van der Waals surface area contributed by atoms with Crippen LogP contribution in [0.3, 0.4) is 0 Å². The molecule has 1 N–H and O–H groups in total. The van der Waals surface area contributed by atoms with E-state index in [4.69, 9.17) is 4.74 Å². The molecule has 4 aromatic rings. The second kappa shape index (κ2) is 8.93. The van der Waals surface area contributed by atoms with Gasteiger partial charge >= 0.3 is 6.18 Å². The van der Waals surface area contributed by atoms with Gasteiger partial charge in [-0.25, -0.2) is 18.4 Å². The SMILES string of the molecule is COc1cnc2c(c1)c(C#N)c(-c1ccc(S(=O)(=O)NC(C)C(F)(F)F)cn1)n2-c1cnccn1. The Labute approximate surface area is 197 Å². The number of nitriles is 1. The van der Waals surface area contributed by atoms with E-state index in [1.807, 2.05) is 0 Å². The number of pyridine rings is 2. The lowest BCUT2D eigenvalue weighted by molar-refractivity contribution is -0.147. The van der Waals surface area contributed by atoms with Crippen LogP contribution in [0.2, 0.25) is 0 Å². The van der Waals surface area contributed by atoms with Crippen molar-refractivity contribution in [2.45, 2.75) is 24.0 Å². The van der Waals surface area contributed by atoms with Crippen molar-refractivity contribution in [2.24, 2.45) is 0 Å². The van der Waals surface area contributed by atoms with Crippen LogP contribution in [0.5, 0.6) is 5.75 Å². The summed E-state index contributed by atoms with van der Waals surface area (Å²) in [7, 11) is -3.06. The summed E-state index contributed by atoms with van der Waals surface area (Å²) < 4.78 is 71.6. The van der Waals surface area contributed by atoms with Gasteiger partial charge in [0.15, 0.2) is 5.82 Å². The van der Waals surface area contributed by atoms with Crippen molar-refractivity contribution < 1.29 is 26.3 Å². The second-order valence-corrected chi connectivity index (χ2v) is 8.96. The minimum Gasteiger partial charge on any atom is -0.495 e. The number of nitrogens with zero attached hydrogens (tertiary/aromatic N) is 6. The number of fused-ring (bicyclic) bond motifs is 1. The number of ether oxygens (including phenoxy) is 1. The van der Waals surface area contributed by atoms with E-state index in [1.54, 1.807) is 10.8 Å². The maximum absolute atomic E-state index is 12.8. The van der Waals surface area contributed by atoms with Gasteiger partial charge in [0.2, 0.25) is 10.0 Å². The van der Waals surface area contributed by atoms with Crippen LogP contribution in [0, 0.1) is 11.3 Å². The molecule has 4 heterocycles. The lowest BCUT2D eigenvalue weighted by Gasteiger charge is -2.17. The quantitative estimate of drug-likeness (QED) is 0.424. The number of methoxy groups -OCH3 is 1. The van der Waals surface area contributed by atoms with Crippen LogP contribution in [0.4, 0.5) is 13.2 Å². The molecule has 0 spiro atoms. The monoisotopic (exact) mass is 503 g/mol. The highest BCUT2D eigenvalue weighted by Crippen LogP contribution is 2.35. The third-order valence-electron chi connectivity index (χ3n) is 5.02. The van der Waals surface area contributed by atoms with Crippen LogP contribution < -0.4 is 9.46 Å². The van der Waals surface area contributed by atoms with Gasteiger partial charge in [-0.2, -0.15) is 23.2 Å². The fraction of sp³-hybridized carbons (Fsp3) is 0.190. The molecule has 0 amide bonds. The van der Waals surface area contributed by atoms with E-state index in [9.17, 15) is 26.9 Å². The van der Waals surface area contributed by atoms with Gasteiger partial charge in [0, 0.05) is 24.0 Å². The normalized spacial score (nSPS) is 12.9. The number of nitrogens with one attached hydrogen (secondary N) is 1. The lowest BCUT2D eigenvalue weighted by atomic mass is 10.1. The van der Waals surface area contributed by atoms with Crippen LogP contribution in [0.25, 0.3) is 28.2 Å². The van der Waals surface area contributed by atoms with Gasteiger partial charge in [0.25, 0.3) is 0 Å². The van der Waals surface area contributed by atoms with Gasteiger partial charge in [0.1, 0.15) is 28.4 Å². The zero-order chi connectivity index (χ0) is 25.4. The molecule has 4 rings (SSSR count). The van der Waals surface area contributed by atoms with Crippen molar-refractivity contribution >= 4 is 21.1 Å².